The Morgan fingerprint density at radius 1 is 1.07 bits per heavy atom. The van der Waals surface area contributed by atoms with Crippen LogP contribution in [0.15, 0.2) is 28.7 Å². The van der Waals surface area contributed by atoms with Crippen LogP contribution < -0.4 is 10.6 Å². The Hall–Kier alpha value is -2.95. The number of sulfonamides is 1. The van der Waals surface area contributed by atoms with Gasteiger partial charge in [-0.05, 0) is 49.9 Å². The van der Waals surface area contributed by atoms with E-state index in [9.17, 15) is 22.8 Å². The number of primary amides is 1. The molecule has 0 spiro atoms. The van der Waals surface area contributed by atoms with Crippen molar-refractivity contribution in [1.29, 1.82) is 0 Å². The van der Waals surface area contributed by atoms with E-state index in [4.69, 9.17) is 5.73 Å². The minimum absolute atomic E-state index is 0.210. The Bertz CT molecular complexity index is 1050. The SMILES string of the molecule is CS(=O)(=O)N=C(c1ccc(N2C(=O)N3CCC[C@]3(C(N)=O)C2=O)cc1)N1CCCC1. The summed E-state index contributed by atoms with van der Waals surface area (Å²) in [5.74, 6) is -1.13. The first-order chi connectivity index (χ1) is 14.1. The van der Waals surface area contributed by atoms with Crippen molar-refractivity contribution in [3.63, 3.8) is 0 Å². The van der Waals surface area contributed by atoms with E-state index in [1.165, 1.54) is 4.90 Å². The number of carbonyl (C=O) groups excluding carboxylic acids is 3. The Morgan fingerprint density at radius 2 is 1.70 bits per heavy atom. The smallest absolute Gasteiger partial charge is 0.332 e. The molecular formula is C19H23N5O5S. The molecule has 0 bridgehead atoms. The van der Waals surface area contributed by atoms with E-state index in [1.54, 1.807) is 24.3 Å². The maximum absolute atomic E-state index is 13.0. The van der Waals surface area contributed by atoms with Crippen LogP contribution in [-0.4, -0.2) is 73.3 Å². The molecule has 2 N–H and O–H groups in total. The number of nitrogens with two attached hydrogens (primary N) is 1. The van der Waals surface area contributed by atoms with Gasteiger partial charge in [0.15, 0.2) is 0 Å². The number of rotatable bonds is 4. The molecule has 3 saturated heterocycles. The van der Waals surface area contributed by atoms with Gasteiger partial charge in [0.05, 0.1) is 11.9 Å². The lowest BCUT2D eigenvalue weighted by Gasteiger charge is -2.23. The Kier molecular flexibility index (Phi) is 4.80. The van der Waals surface area contributed by atoms with Crippen LogP contribution in [0.5, 0.6) is 0 Å². The van der Waals surface area contributed by atoms with Gasteiger partial charge in [0.1, 0.15) is 5.84 Å². The summed E-state index contributed by atoms with van der Waals surface area (Å²) in [6, 6.07) is 5.77. The van der Waals surface area contributed by atoms with Crippen LogP contribution in [0.1, 0.15) is 31.2 Å². The minimum atomic E-state index is -3.61. The molecule has 3 heterocycles. The third-order valence-electron chi connectivity index (χ3n) is 5.81. The molecule has 0 unspecified atom stereocenters. The molecule has 0 aliphatic carbocycles. The molecule has 1 aromatic rings. The van der Waals surface area contributed by atoms with E-state index in [2.05, 4.69) is 4.40 Å². The summed E-state index contributed by atoms with van der Waals surface area (Å²) >= 11 is 0. The molecule has 3 aliphatic rings. The summed E-state index contributed by atoms with van der Waals surface area (Å²) in [5.41, 5.74) is 4.74. The highest BCUT2D eigenvalue weighted by Gasteiger charge is 2.63. The second kappa shape index (κ2) is 7.08. The summed E-state index contributed by atoms with van der Waals surface area (Å²) in [5, 5.41) is 0. The standard InChI is InChI=1S/C19H23N5O5S/c1-30(28,29)21-15(22-10-2-3-11-22)13-5-7-14(8-6-13)24-17(26)19(16(20)25)9-4-12-23(19)18(24)27/h5-8H,2-4,9-12H2,1H3,(H2,20,25)/t19-/m0/s1. The van der Waals surface area contributed by atoms with Crippen LogP contribution in [0.4, 0.5) is 10.5 Å². The van der Waals surface area contributed by atoms with Gasteiger partial charge in [0.2, 0.25) is 5.54 Å². The summed E-state index contributed by atoms with van der Waals surface area (Å²) < 4.78 is 27.5. The lowest BCUT2D eigenvalue weighted by Crippen LogP contribution is -2.55. The molecule has 160 valence electrons. The van der Waals surface area contributed by atoms with Crippen molar-refractivity contribution < 1.29 is 22.8 Å². The summed E-state index contributed by atoms with van der Waals surface area (Å²) in [4.78, 5) is 42.0. The first kappa shape index (κ1) is 20.3. The van der Waals surface area contributed by atoms with Gasteiger partial charge in [-0.3, -0.25) is 9.59 Å². The molecule has 0 aromatic heterocycles. The van der Waals surface area contributed by atoms with Crippen LogP contribution in [0.3, 0.4) is 0 Å². The van der Waals surface area contributed by atoms with Crippen LogP contribution in [0, 0.1) is 0 Å². The van der Waals surface area contributed by atoms with Crippen LogP contribution >= 0.6 is 0 Å². The number of nitrogens with zero attached hydrogens (tertiary/aromatic N) is 4. The number of fused-ring (bicyclic) bond motifs is 1. The van der Waals surface area contributed by atoms with Gasteiger partial charge in [-0.2, -0.15) is 0 Å². The van der Waals surface area contributed by atoms with Gasteiger partial charge in [-0.25, -0.2) is 18.1 Å². The van der Waals surface area contributed by atoms with E-state index < -0.39 is 33.4 Å². The Balaban J connectivity index is 1.68. The number of urea groups is 1. The zero-order valence-corrected chi connectivity index (χ0v) is 17.4. The van der Waals surface area contributed by atoms with Gasteiger partial charge in [0, 0.05) is 25.2 Å². The van der Waals surface area contributed by atoms with Crippen molar-refractivity contribution in [3.05, 3.63) is 29.8 Å². The van der Waals surface area contributed by atoms with Gasteiger partial charge in [0.25, 0.3) is 21.8 Å². The summed E-state index contributed by atoms with van der Waals surface area (Å²) in [6.45, 7) is 1.70. The third-order valence-corrected chi connectivity index (χ3v) is 6.31. The Morgan fingerprint density at radius 3 is 2.23 bits per heavy atom. The molecular weight excluding hydrogens is 410 g/mol. The highest BCUT2D eigenvalue weighted by molar-refractivity contribution is 7.89. The summed E-state index contributed by atoms with van der Waals surface area (Å²) in [6.07, 6.45) is 3.68. The summed E-state index contributed by atoms with van der Waals surface area (Å²) in [7, 11) is -3.61. The van der Waals surface area contributed by atoms with Crippen molar-refractivity contribution >= 4 is 39.4 Å². The van der Waals surface area contributed by atoms with Crippen LogP contribution in [0.2, 0.25) is 0 Å². The Labute approximate surface area is 174 Å². The van der Waals surface area contributed by atoms with Gasteiger partial charge in [-0.15, -0.1) is 4.40 Å². The first-order valence-electron chi connectivity index (χ1n) is 9.76. The molecule has 4 amide bonds. The number of amidine groups is 1. The second-order valence-electron chi connectivity index (χ2n) is 7.79. The van der Waals surface area contributed by atoms with Crippen molar-refractivity contribution in [3.8, 4) is 0 Å². The number of hydrogen-bond donors (Lipinski definition) is 1. The van der Waals surface area contributed by atoms with Crippen molar-refractivity contribution in [2.24, 2.45) is 10.1 Å². The molecule has 4 rings (SSSR count). The van der Waals surface area contributed by atoms with E-state index in [0.29, 0.717) is 43.1 Å². The van der Waals surface area contributed by atoms with Gasteiger partial charge in [-0.1, -0.05) is 0 Å². The predicted octanol–water partition coefficient (Wildman–Crippen LogP) is 0.275. The topological polar surface area (TPSA) is 133 Å². The average Bonchev–Trinajstić information content (AvgIpc) is 3.39. The molecule has 3 aliphatic heterocycles. The van der Waals surface area contributed by atoms with Crippen molar-refractivity contribution in [1.82, 2.24) is 9.80 Å². The molecule has 0 radical (unpaired) electrons. The quantitative estimate of drug-likeness (QED) is 0.314. The molecule has 1 aromatic carbocycles. The second-order valence-corrected chi connectivity index (χ2v) is 9.44. The molecule has 11 heteroatoms. The van der Waals surface area contributed by atoms with Crippen molar-refractivity contribution in [2.75, 3.05) is 30.8 Å². The van der Waals surface area contributed by atoms with Gasteiger partial charge < -0.3 is 15.5 Å². The molecule has 3 fully saturated rings. The minimum Gasteiger partial charge on any atom is -0.367 e. The fourth-order valence-corrected chi connectivity index (χ4v) is 4.96. The number of carbonyl (C=O) groups is 3. The normalized spacial score (nSPS) is 24.7. The maximum atomic E-state index is 13.0. The number of hydrogen-bond acceptors (Lipinski definition) is 5. The fourth-order valence-electron chi connectivity index (χ4n) is 4.42. The number of anilines is 1. The zero-order chi connectivity index (χ0) is 21.7. The third kappa shape index (κ3) is 3.13. The monoisotopic (exact) mass is 433 g/mol. The lowest BCUT2D eigenvalue weighted by atomic mass is 9.95. The molecule has 30 heavy (non-hydrogen) atoms. The average molecular weight is 433 g/mol. The highest BCUT2D eigenvalue weighted by Crippen LogP contribution is 2.39. The van der Waals surface area contributed by atoms with E-state index >= 15 is 0 Å². The lowest BCUT2D eigenvalue weighted by molar-refractivity contribution is -0.136. The number of imide groups is 1. The zero-order valence-electron chi connectivity index (χ0n) is 16.6. The highest BCUT2D eigenvalue weighted by atomic mass is 32.2. The number of benzene rings is 1. The van der Waals surface area contributed by atoms with E-state index in [0.717, 1.165) is 24.0 Å². The van der Waals surface area contributed by atoms with E-state index in [-0.39, 0.29) is 6.42 Å². The van der Waals surface area contributed by atoms with Gasteiger partial charge >= 0.3 is 6.03 Å². The van der Waals surface area contributed by atoms with E-state index in [1.807, 2.05) is 4.90 Å². The number of likely N-dealkylation sites (tertiary alicyclic amines) is 1. The molecule has 0 saturated carbocycles. The first-order valence-corrected chi connectivity index (χ1v) is 11.6. The molecule has 1 atom stereocenters. The number of amides is 4. The predicted molar refractivity (Wildman–Crippen MR) is 109 cm³/mol. The van der Waals surface area contributed by atoms with Crippen LogP contribution in [0.25, 0.3) is 0 Å². The largest absolute Gasteiger partial charge is 0.367 e. The fraction of sp³-hybridized carbons (Fsp3) is 0.474. The molecule has 10 nitrogen and oxygen atoms in total. The maximum Gasteiger partial charge on any atom is 0.332 e. The van der Waals surface area contributed by atoms with Crippen molar-refractivity contribution in [2.45, 2.75) is 31.2 Å². The van der Waals surface area contributed by atoms with Crippen LogP contribution in [-0.2, 0) is 19.6 Å².